The number of nitrogens with one attached hydrogen (secondary N) is 1. The molecular formula is C26H22F5N3O3. The fourth-order valence-corrected chi connectivity index (χ4v) is 4.93. The summed E-state index contributed by atoms with van der Waals surface area (Å²) in [5.41, 5.74) is 0.805. The maximum Gasteiger partial charge on any atom is 0.573 e. The average molecular weight is 519 g/mol. The lowest BCUT2D eigenvalue weighted by Gasteiger charge is -2.52. The molecule has 0 radical (unpaired) electrons. The number of phenolic OH excluding ortho intramolecular Hbond substituents is 1. The van der Waals surface area contributed by atoms with Crippen LogP contribution >= 0.6 is 0 Å². The van der Waals surface area contributed by atoms with Gasteiger partial charge in [-0.2, -0.15) is 0 Å². The third-order valence-electron chi connectivity index (χ3n) is 6.63. The van der Waals surface area contributed by atoms with E-state index in [-0.39, 0.29) is 11.7 Å². The highest BCUT2D eigenvalue weighted by atomic mass is 19.4. The van der Waals surface area contributed by atoms with Crippen molar-refractivity contribution in [1.29, 1.82) is 0 Å². The Balaban J connectivity index is 1.43. The van der Waals surface area contributed by atoms with Crippen molar-refractivity contribution in [2.45, 2.75) is 31.4 Å². The van der Waals surface area contributed by atoms with Gasteiger partial charge < -0.3 is 15.2 Å². The van der Waals surface area contributed by atoms with Crippen LogP contribution in [0.1, 0.15) is 28.8 Å². The summed E-state index contributed by atoms with van der Waals surface area (Å²) >= 11 is 0. The van der Waals surface area contributed by atoms with E-state index in [9.17, 15) is 31.9 Å². The van der Waals surface area contributed by atoms with Crippen LogP contribution < -0.4 is 15.0 Å². The molecule has 194 valence electrons. The van der Waals surface area contributed by atoms with Crippen molar-refractivity contribution in [3.05, 3.63) is 83.4 Å². The van der Waals surface area contributed by atoms with E-state index < -0.39 is 29.4 Å². The Hall–Kier alpha value is -3.86. The lowest BCUT2D eigenvalue weighted by molar-refractivity contribution is -0.274. The molecule has 2 N–H and O–H groups in total. The summed E-state index contributed by atoms with van der Waals surface area (Å²) in [7, 11) is 0. The van der Waals surface area contributed by atoms with E-state index in [4.69, 9.17) is 0 Å². The maximum atomic E-state index is 13.7. The van der Waals surface area contributed by atoms with E-state index in [1.807, 2.05) is 4.90 Å². The molecule has 0 atom stereocenters. The standard InChI is InChI=1S/C26H22F5N3O3/c27-21-8-1-16(13-22(21)28)15-33-11-9-25(10-12-33)32-23-14-18(35)4-7-20(23)24(36)34(25)17-2-5-19(6-3-17)37-26(29,30)31/h1-8,13-14,32,35H,9-12,15H2. The van der Waals surface area contributed by atoms with Crippen molar-refractivity contribution in [1.82, 2.24) is 4.90 Å². The topological polar surface area (TPSA) is 65.0 Å². The monoisotopic (exact) mass is 519 g/mol. The van der Waals surface area contributed by atoms with Gasteiger partial charge in [-0.3, -0.25) is 14.6 Å². The minimum Gasteiger partial charge on any atom is -0.508 e. The van der Waals surface area contributed by atoms with Gasteiger partial charge >= 0.3 is 6.36 Å². The van der Waals surface area contributed by atoms with Gasteiger partial charge in [-0.25, -0.2) is 8.78 Å². The number of aromatic hydroxyl groups is 1. The number of alkyl halides is 3. The molecule has 1 saturated heterocycles. The smallest absolute Gasteiger partial charge is 0.508 e. The molecule has 3 aromatic carbocycles. The number of likely N-dealkylation sites (tertiary alicyclic amines) is 1. The summed E-state index contributed by atoms with van der Waals surface area (Å²) in [6.07, 6.45) is -4.01. The molecule has 2 aliphatic heterocycles. The number of hydrogen-bond acceptors (Lipinski definition) is 5. The predicted octanol–water partition coefficient (Wildman–Crippen LogP) is 5.63. The number of ether oxygens (including phenoxy) is 1. The van der Waals surface area contributed by atoms with Crippen molar-refractivity contribution in [3.63, 3.8) is 0 Å². The van der Waals surface area contributed by atoms with Crippen LogP contribution in [0, 0.1) is 11.6 Å². The number of phenols is 1. The van der Waals surface area contributed by atoms with Crippen LogP contribution in [0.25, 0.3) is 0 Å². The van der Waals surface area contributed by atoms with Gasteiger partial charge in [0.25, 0.3) is 5.91 Å². The molecule has 11 heteroatoms. The number of rotatable bonds is 4. The van der Waals surface area contributed by atoms with E-state index in [0.29, 0.717) is 55.0 Å². The molecule has 1 amide bonds. The second kappa shape index (κ2) is 9.22. The molecule has 37 heavy (non-hydrogen) atoms. The molecule has 3 aromatic rings. The first-order chi connectivity index (χ1) is 17.5. The van der Waals surface area contributed by atoms with Crippen molar-refractivity contribution < 1.29 is 36.6 Å². The molecule has 0 saturated carbocycles. The van der Waals surface area contributed by atoms with E-state index >= 15 is 0 Å². The largest absolute Gasteiger partial charge is 0.573 e. The Bertz CT molecular complexity index is 1320. The zero-order valence-corrected chi connectivity index (χ0v) is 19.4. The van der Waals surface area contributed by atoms with Crippen molar-refractivity contribution in [3.8, 4) is 11.5 Å². The number of fused-ring (bicyclic) bond motifs is 1. The van der Waals surface area contributed by atoms with Gasteiger partial charge in [-0.15, -0.1) is 13.2 Å². The van der Waals surface area contributed by atoms with Crippen LogP contribution in [-0.2, 0) is 6.54 Å². The molecule has 0 aliphatic carbocycles. The predicted molar refractivity (Wildman–Crippen MR) is 125 cm³/mol. The summed E-state index contributed by atoms with van der Waals surface area (Å²) in [6.45, 7) is 1.35. The first-order valence-electron chi connectivity index (χ1n) is 11.5. The number of hydrogen-bond donors (Lipinski definition) is 2. The highest BCUT2D eigenvalue weighted by Crippen LogP contribution is 2.42. The summed E-state index contributed by atoms with van der Waals surface area (Å²) in [5.74, 6) is -2.64. The van der Waals surface area contributed by atoms with Crippen LogP contribution in [0.15, 0.2) is 60.7 Å². The molecule has 0 aromatic heterocycles. The van der Waals surface area contributed by atoms with E-state index in [0.717, 1.165) is 24.3 Å². The van der Waals surface area contributed by atoms with Gasteiger partial charge in [0.05, 0.1) is 11.3 Å². The van der Waals surface area contributed by atoms with Gasteiger partial charge in [0.1, 0.15) is 17.2 Å². The second-order valence-corrected chi connectivity index (χ2v) is 9.09. The molecule has 0 bridgehead atoms. The second-order valence-electron chi connectivity index (χ2n) is 9.09. The quantitative estimate of drug-likeness (QED) is 0.438. The molecule has 1 fully saturated rings. The lowest BCUT2D eigenvalue weighted by atomic mass is 9.89. The fraction of sp³-hybridized carbons (Fsp3) is 0.269. The maximum absolute atomic E-state index is 13.7. The number of carbonyl (C=O) groups excluding carboxylic acids is 1. The molecule has 6 nitrogen and oxygen atoms in total. The third kappa shape index (κ3) is 5.04. The van der Waals surface area contributed by atoms with Crippen LogP contribution in [-0.4, -0.2) is 41.0 Å². The van der Waals surface area contributed by atoms with E-state index in [2.05, 4.69) is 10.1 Å². The van der Waals surface area contributed by atoms with Crippen LogP contribution in [0.5, 0.6) is 11.5 Å². The first kappa shape index (κ1) is 24.8. The summed E-state index contributed by atoms with van der Waals surface area (Å²) in [5, 5.41) is 13.4. The van der Waals surface area contributed by atoms with Crippen LogP contribution in [0.2, 0.25) is 0 Å². The number of benzene rings is 3. The average Bonchev–Trinajstić information content (AvgIpc) is 2.83. The van der Waals surface area contributed by atoms with Gasteiger partial charge in [-0.05, 0) is 54.1 Å². The number of piperidine rings is 1. The van der Waals surface area contributed by atoms with Gasteiger partial charge in [0.15, 0.2) is 11.6 Å². The molecule has 2 heterocycles. The van der Waals surface area contributed by atoms with Crippen molar-refractivity contribution in [2.24, 2.45) is 0 Å². The summed E-state index contributed by atoms with van der Waals surface area (Å²) in [6, 6.07) is 13.2. The fourth-order valence-electron chi connectivity index (χ4n) is 4.93. The third-order valence-corrected chi connectivity index (χ3v) is 6.63. The number of nitrogens with zero attached hydrogens (tertiary/aromatic N) is 2. The SMILES string of the molecule is O=C1c2ccc(O)cc2NC2(CCN(Cc3ccc(F)c(F)c3)CC2)N1c1ccc(OC(F)(F)F)cc1. The van der Waals surface area contributed by atoms with Crippen molar-refractivity contribution in [2.75, 3.05) is 23.3 Å². The van der Waals surface area contributed by atoms with Crippen LogP contribution in [0.3, 0.4) is 0 Å². The zero-order chi connectivity index (χ0) is 26.4. The van der Waals surface area contributed by atoms with E-state index in [1.165, 1.54) is 41.3 Å². The number of amides is 1. The molecule has 0 unspecified atom stereocenters. The molecule has 1 spiro atoms. The Morgan fingerprint density at radius 1 is 0.946 bits per heavy atom. The first-order valence-corrected chi connectivity index (χ1v) is 11.5. The van der Waals surface area contributed by atoms with Gasteiger partial charge in [0, 0.05) is 44.2 Å². The number of halogens is 5. The highest BCUT2D eigenvalue weighted by Gasteiger charge is 2.47. The van der Waals surface area contributed by atoms with Crippen LogP contribution in [0.4, 0.5) is 33.3 Å². The summed E-state index contributed by atoms with van der Waals surface area (Å²) < 4.78 is 68.8. The molecule has 2 aliphatic rings. The number of anilines is 2. The Morgan fingerprint density at radius 2 is 1.65 bits per heavy atom. The Morgan fingerprint density at radius 3 is 2.30 bits per heavy atom. The highest BCUT2D eigenvalue weighted by molar-refractivity contribution is 6.13. The minimum atomic E-state index is -4.84. The van der Waals surface area contributed by atoms with Gasteiger partial charge in [-0.1, -0.05) is 6.07 Å². The minimum absolute atomic E-state index is 0.0212. The molecule has 5 rings (SSSR count). The lowest BCUT2D eigenvalue weighted by Crippen LogP contribution is -2.64. The summed E-state index contributed by atoms with van der Waals surface area (Å²) in [4.78, 5) is 17.2. The zero-order valence-electron chi connectivity index (χ0n) is 19.4. The normalized spacial score (nSPS) is 17.4. The Kier molecular flexibility index (Phi) is 6.18. The van der Waals surface area contributed by atoms with E-state index in [1.54, 1.807) is 0 Å². The Labute approximate surface area is 208 Å². The van der Waals surface area contributed by atoms with Crippen molar-refractivity contribution >= 4 is 17.3 Å². The molecular weight excluding hydrogens is 497 g/mol. The number of carbonyl (C=O) groups is 1. The van der Waals surface area contributed by atoms with Gasteiger partial charge in [0.2, 0.25) is 0 Å².